The zero-order chi connectivity index (χ0) is 17.1. The van der Waals surface area contributed by atoms with E-state index in [2.05, 4.69) is 18.9 Å². The molecule has 0 saturated heterocycles. The van der Waals surface area contributed by atoms with Gasteiger partial charge in [-0.15, -0.1) is 29.1 Å². The first kappa shape index (κ1) is 16.9. The molecule has 0 radical (unpaired) electrons. The summed E-state index contributed by atoms with van der Waals surface area (Å²) in [5.74, 6) is 3.26. The highest BCUT2D eigenvalue weighted by atomic mass is 32.1. The van der Waals surface area contributed by atoms with Crippen LogP contribution in [0.2, 0.25) is 0 Å². The first-order valence-electron chi connectivity index (χ1n) is 7.72. The summed E-state index contributed by atoms with van der Waals surface area (Å²) < 4.78 is 6.74. The number of hydrogen-bond donors (Lipinski definition) is 0. The van der Waals surface area contributed by atoms with Crippen molar-refractivity contribution in [3.63, 3.8) is 0 Å². The van der Waals surface area contributed by atoms with Crippen molar-refractivity contribution in [1.82, 2.24) is 9.55 Å². The predicted octanol–water partition coefficient (Wildman–Crippen LogP) is 3.57. The summed E-state index contributed by atoms with van der Waals surface area (Å²) in [7, 11) is 1.64. The van der Waals surface area contributed by atoms with Crippen LogP contribution in [0.1, 0.15) is 17.6 Å². The molecule has 0 unspecified atom stereocenters. The van der Waals surface area contributed by atoms with Crippen LogP contribution in [0.15, 0.2) is 22.3 Å². The van der Waals surface area contributed by atoms with Crippen molar-refractivity contribution in [2.24, 2.45) is 0 Å². The Kier molecular flexibility index (Phi) is 5.14. The molecular formula is C18H18N2O2S2. The van der Waals surface area contributed by atoms with Gasteiger partial charge < -0.3 is 4.74 Å². The standard InChI is InChI=1S/C18H18N2O2S2/c1-4-9-20-14(8-10-22-3)19-17-16(18(20)21)15(12(5-2)24-17)13-7-6-11-23-13/h1,6-7,11H,5,8-10H2,2-3H3. The molecule has 124 valence electrons. The van der Waals surface area contributed by atoms with E-state index in [9.17, 15) is 4.79 Å². The molecule has 0 aliphatic heterocycles. The maximum Gasteiger partial charge on any atom is 0.263 e. The zero-order valence-corrected chi connectivity index (χ0v) is 15.3. The lowest BCUT2D eigenvalue weighted by Gasteiger charge is -2.10. The van der Waals surface area contributed by atoms with Crippen molar-refractivity contribution in [2.45, 2.75) is 26.3 Å². The monoisotopic (exact) mass is 358 g/mol. The van der Waals surface area contributed by atoms with Gasteiger partial charge in [0, 0.05) is 28.8 Å². The molecule has 0 aliphatic carbocycles. The van der Waals surface area contributed by atoms with Crippen molar-refractivity contribution in [1.29, 1.82) is 0 Å². The number of methoxy groups -OCH3 is 1. The van der Waals surface area contributed by atoms with Gasteiger partial charge in [-0.3, -0.25) is 9.36 Å². The third kappa shape index (κ3) is 2.91. The van der Waals surface area contributed by atoms with E-state index in [1.807, 2.05) is 11.4 Å². The number of fused-ring (bicyclic) bond motifs is 1. The number of rotatable bonds is 6. The highest BCUT2D eigenvalue weighted by molar-refractivity contribution is 7.20. The molecule has 0 bridgehead atoms. The molecule has 0 amide bonds. The summed E-state index contributed by atoms with van der Waals surface area (Å²) in [6, 6.07) is 4.05. The molecule has 0 aromatic carbocycles. The third-order valence-corrected chi connectivity index (χ3v) is 5.95. The van der Waals surface area contributed by atoms with Gasteiger partial charge in [0.15, 0.2) is 0 Å². The molecule has 3 aromatic heterocycles. The Balaban J connectivity index is 2.32. The predicted molar refractivity (Wildman–Crippen MR) is 101 cm³/mol. The van der Waals surface area contributed by atoms with Crippen molar-refractivity contribution in [3.8, 4) is 22.8 Å². The molecule has 0 fully saturated rings. The van der Waals surface area contributed by atoms with E-state index < -0.39 is 0 Å². The molecular weight excluding hydrogens is 340 g/mol. The molecule has 3 aromatic rings. The Morgan fingerprint density at radius 1 is 1.46 bits per heavy atom. The molecule has 0 aliphatic rings. The van der Waals surface area contributed by atoms with Gasteiger partial charge in [-0.05, 0) is 17.9 Å². The second-order valence-electron chi connectivity index (χ2n) is 5.28. The van der Waals surface area contributed by atoms with Gasteiger partial charge in [0.2, 0.25) is 0 Å². The zero-order valence-electron chi connectivity index (χ0n) is 13.7. The molecule has 3 rings (SSSR count). The second kappa shape index (κ2) is 7.31. The minimum Gasteiger partial charge on any atom is -0.384 e. The number of hydrogen-bond acceptors (Lipinski definition) is 5. The number of terminal acetylenes is 1. The van der Waals surface area contributed by atoms with Gasteiger partial charge in [0.1, 0.15) is 10.7 Å². The Bertz CT molecular complexity index is 946. The molecule has 4 nitrogen and oxygen atoms in total. The number of thiophene rings is 2. The third-order valence-electron chi connectivity index (χ3n) is 3.83. The molecule has 6 heteroatoms. The van der Waals surface area contributed by atoms with Gasteiger partial charge >= 0.3 is 0 Å². The Hall–Kier alpha value is -1.94. The van der Waals surface area contributed by atoms with E-state index in [-0.39, 0.29) is 12.1 Å². The maximum atomic E-state index is 13.1. The normalized spacial score (nSPS) is 11.0. The van der Waals surface area contributed by atoms with E-state index in [0.717, 1.165) is 21.7 Å². The Morgan fingerprint density at radius 3 is 2.92 bits per heavy atom. The summed E-state index contributed by atoms with van der Waals surface area (Å²) in [6.45, 7) is 2.84. The van der Waals surface area contributed by atoms with Gasteiger partial charge in [-0.1, -0.05) is 18.9 Å². The van der Waals surface area contributed by atoms with E-state index in [0.29, 0.717) is 24.2 Å². The van der Waals surface area contributed by atoms with Crippen molar-refractivity contribution in [3.05, 3.63) is 38.6 Å². The Morgan fingerprint density at radius 2 is 2.29 bits per heavy atom. The van der Waals surface area contributed by atoms with E-state index in [4.69, 9.17) is 16.1 Å². The SMILES string of the molecule is C#CCn1c(CCOC)nc2sc(CC)c(-c3cccs3)c2c1=O. The molecule has 0 N–H and O–H groups in total. The number of ether oxygens (including phenoxy) is 1. The first-order valence-corrected chi connectivity index (χ1v) is 9.42. The van der Waals surface area contributed by atoms with Crippen LogP contribution in [0.4, 0.5) is 0 Å². The highest BCUT2D eigenvalue weighted by Crippen LogP contribution is 2.38. The van der Waals surface area contributed by atoms with Gasteiger partial charge in [-0.25, -0.2) is 4.98 Å². The smallest absolute Gasteiger partial charge is 0.263 e. The lowest BCUT2D eigenvalue weighted by Crippen LogP contribution is -2.25. The van der Waals surface area contributed by atoms with Crippen molar-refractivity contribution in [2.75, 3.05) is 13.7 Å². The number of nitrogens with zero attached hydrogens (tertiary/aromatic N) is 2. The average Bonchev–Trinajstić information content (AvgIpc) is 3.22. The van der Waals surface area contributed by atoms with Crippen molar-refractivity contribution < 1.29 is 4.74 Å². The van der Waals surface area contributed by atoms with Crippen LogP contribution in [0.5, 0.6) is 0 Å². The summed E-state index contributed by atoms with van der Waals surface area (Å²) in [5.41, 5.74) is 0.970. The fourth-order valence-corrected chi connectivity index (χ4v) is 4.74. The van der Waals surface area contributed by atoms with E-state index in [1.54, 1.807) is 34.4 Å². The molecule has 0 spiro atoms. The van der Waals surface area contributed by atoms with E-state index >= 15 is 0 Å². The van der Waals surface area contributed by atoms with Crippen LogP contribution in [0, 0.1) is 12.3 Å². The number of aromatic nitrogens is 2. The van der Waals surface area contributed by atoms with Crippen molar-refractivity contribution >= 4 is 32.9 Å². The van der Waals surface area contributed by atoms with Crippen LogP contribution >= 0.6 is 22.7 Å². The van der Waals surface area contributed by atoms with Crippen LogP contribution in [0.3, 0.4) is 0 Å². The largest absolute Gasteiger partial charge is 0.384 e. The fraction of sp³-hybridized carbons (Fsp3) is 0.333. The molecule has 0 atom stereocenters. The first-order chi connectivity index (χ1) is 11.7. The van der Waals surface area contributed by atoms with E-state index in [1.165, 1.54) is 4.88 Å². The molecule has 3 heterocycles. The quantitative estimate of drug-likeness (QED) is 0.633. The van der Waals surface area contributed by atoms with Crippen LogP contribution in [-0.2, 0) is 24.1 Å². The fourth-order valence-electron chi connectivity index (χ4n) is 2.74. The van der Waals surface area contributed by atoms with Gasteiger partial charge in [0.05, 0.1) is 18.5 Å². The lowest BCUT2D eigenvalue weighted by atomic mass is 10.1. The lowest BCUT2D eigenvalue weighted by molar-refractivity contribution is 0.199. The summed E-state index contributed by atoms with van der Waals surface area (Å²) >= 11 is 3.24. The summed E-state index contributed by atoms with van der Waals surface area (Å²) in [5, 5.41) is 2.72. The topological polar surface area (TPSA) is 44.1 Å². The van der Waals surface area contributed by atoms with Crippen LogP contribution < -0.4 is 5.56 Å². The van der Waals surface area contributed by atoms with Gasteiger partial charge in [0.25, 0.3) is 5.56 Å². The number of aryl methyl sites for hydroxylation is 1. The van der Waals surface area contributed by atoms with Gasteiger partial charge in [-0.2, -0.15) is 0 Å². The molecule has 0 saturated carbocycles. The average molecular weight is 358 g/mol. The van der Waals surface area contributed by atoms with Crippen LogP contribution in [-0.4, -0.2) is 23.3 Å². The van der Waals surface area contributed by atoms with Crippen LogP contribution in [0.25, 0.3) is 20.7 Å². The highest BCUT2D eigenvalue weighted by Gasteiger charge is 2.20. The minimum absolute atomic E-state index is 0.0524. The summed E-state index contributed by atoms with van der Waals surface area (Å²) in [6.07, 6.45) is 6.91. The minimum atomic E-state index is -0.0524. The maximum absolute atomic E-state index is 13.1. The summed E-state index contributed by atoms with van der Waals surface area (Å²) in [4.78, 5) is 21.0. The second-order valence-corrected chi connectivity index (χ2v) is 7.31. The molecule has 24 heavy (non-hydrogen) atoms. The Labute approximate surface area is 148 Å².